The lowest BCUT2D eigenvalue weighted by atomic mass is 10.0. The third-order valence-corrected chi connectivity index (χ3v) is 6.17. The molecule has 2 rings (SSSR count). The Kier molecular flexibility index (Phi) is 5.32. The number of rotatable bonds is 5. The lowest BCUT2D eigenvalue weighted by molar-refractivity contribution is 0.0994. The molecule has 0 amide bonds. The Morgan fingerprint density at radius 3 is 2.30 bits per heavy atom. The van der Waals surface area contributed by atoms with Gasteiger partial charge in [0.1, 0.15) is 0 Å². The lowest BCUT2D eigenvalue weighted by Gasteiger charge is -2.13. The monoisotopic (exact) mass is 348 g/mol. The summed E-state index contributed by atoms with van der Waals surface area (Å²) in [6.07, 6.45) is 1.18. The minimum Gasteiger partial charge on any atom is -0.293 e. The molecule has 0 saturated heterocycles. The van der Waals surface area contributed by atoms with E-state index >= 15 is 0 Å². The van der Waals surface area contributed by atoms with Crippen LogP contribution in [0, 0.1) is 13.8 Å². The lowest BCUT2D eigenvalue weighted by Crippen LogP contribution is -2.14. The number of hydrogen-bond donors (Lipinski definition) is 0. The van der Waals surface area contributed by atoms with Crippen LogP contribution < -0.4 is 0 Å². The van der Waals surface area contributed by atoms with Crippen LogP contribution in [0.5, 0.6) is 0 Å². The highest BCUT2D eigenvalue weighted by Crippen LogP contribution is 2.31. The molecule has 0 fully saturated rings. The number of ketones is 1. The van der Waals surface area contributed by atoms with E-state index in [4.69, 9.17) is 0 Å². The van der Waals surface area contributed by atoms with E-state index < -0.39 is 9.84 Å². The SMILES string of the molecule is Cc1ccc(C(=O)[C@@H](C)Sc2ccccc2S(C)(=O)=O)cc1C. The Hall–Kier alpha value is -1.59. The predicted molar refractivity (Wildman–Crippen MR) is 95.1 cm³/mol. The summed E-state index contributed by atoms with van der Waals surface area (Å²) in [5, 5.41) is -0.361. The van der Waals surface area contributed by atoms with Gasteiger partial charge in [0, 0.05) is 16.7 Å². The maximum atomic E-state index is 12.6. The van der Waals surface area contributed by atoms with Crippen LogP contribution >= 0.6 is 11.8 Å². The molecule has 3 nitrogen and oxygen atoms in total. The molecule has 0 bridgehead atoms. The molecule has 2 aromatic rings. The van der Waals surface area contributed by atoms with E-state index in [1.54, 1.807) is 31.2 Å². The number of benzene rings is 2. The van der Waals surface area contributed by atoms with Crippen molar-refractivity contribution in [1.82, 2.24) is 0 Å². The van der Waals surface area contributed by atoms with Crippen LogP contribution in [0.15, 0.2) is 52.3 Å². The summed E-state index contributed by atoms with van der Waals surface area (Å²) in [6, 6.07) is 12.4. The summed E-state index contributed by atoms with van der Waals surface area (Å²) in [4.78, 5) is 13.5. The van der Waals surface area contributed by atoms with Crippen molar-refractivity contribution in [3.05, 3.63) is 59.2 Å². The minimum atomic E-state index is -3.31. The molecule has 0 heterocycles. The van der Waals surface area contributed by atoms with Crippen molar-refractivity contribution in [3.8, 4) is 0 Å². The first-order chi connectivity index (χ1) is 10.7. The molecular formula is C18H20O3S2. The maximum Gasteiger partial charge on any atom is 0.176 e. The van der Waals surface area contributed by atoms with Gasteiger partial charge in [0.2, 0.25) is 0 Å². The van der Waals surface area contributed by atoms with Crippen molar-refractivity contribution in [1.29, 1.82) is 0 Å². The van der Waals surface area contributed by atoms with Crippen LogP contribution in [0.3, 0.4) is 0 Å². The Labute approximate surface area is 142 Å². The summed E-state index contributed by atoms with van der Waals surface area (Å²) in [5.74, 6) is 0.00130. The van der Waals surface area contributed by atoms with E-state index in [0.29, 0.717) is 10.5 Å². The second-order valence-corrected chi connectivity index (χ2v) is 9.01. The molecule has 0 aliphatic rings. The van der Waals surface area contributed by atoms with Crippen LogP contribution in [0.4, 0.5) is 0 Å². The van der Waals surface area contributed by atoms with Crippen molar-refractivity contribution in [2.24, 2.45) is 0 Å². The van der Waals surface area contributed by atoms with Crippen molar-refractivity contribution in [3.63, 3.8) is 0 Å². The van der Waals surface area contributed by atoms with Crippen molar-refractivity contribution in [2.75, 3.05) is 6.26 Å². The standard InChI is InChI=1S/C18H20O3S2/c1-12-9-10-15(11-13(12)2)18(19)14(3)22-16-7-5-6-8-17(16)23(4,20)21/h5-11,14H,1-4H3/t14-/m1/s1. The van der Waals surface area contributed by atoms with E-state index in [9.17, 15) is 13.2 Å². The largest absolute Gasteiger partial charge is 0.293 e. The van der Waals surface area contributed by atoms with Gasteiger partial charge in [-0.15, -0.1) is 11.8 Å². The number of carbonyl (C=O) groups excluding carboxylic acids is 1. The zero-order valence-electron chi connectivity index (χ0n) is 13.7. The molecule has 0 unspecified atom stereocenters. The van der Waals surface area contributed by atoms with E-state index in [-0.39, 0.29) is 15.9 Å². The highest BCUT2D eigenvalue weighted by molar-refractivity contribution is 8.01. The fourth-order valence-corrected chi connectivity index (χ4v) is 4.55. The number of thioether (sulfide) groups is 1. The topological polar surface area (TPSA) is 51.2 Å². The first-order valence-corrected chi connectivity index (χ1v) is 10.0. The Morgan fingerprint density at radius 1 is 1.04 bits per heavy atom. The van der Waals surface area contributed by atoms with Crippen LogP contribution in [-0.4, -0.2) is 25.7 Å². The smallest absolute Gasteiger partial charge is 0.176 e. The fourth-order valence-electron chi connectivity index (χ4n) is 2.23. The molecule has 0 radical (unpaired) electrons. The molecule has 2 aromatic carbocycles. The number of hydrogen-bond acceptors (Lipinski definition) is 4. The zero-order valence-corrected chi connectivity index (χ0v) is 15.3. The van der Waals surface area contributed by atoms with Gasteiger partial charge in [0.05, 0.1) is 10.1 Å². The van der Waals surface area contributed by atoms with Crippen LogP contribution in [-0.2, 0) is 9.84 Å². The molecule has 0 aromatic heterocycles. The molecule has 0 spiro atoms. The molecule has 23 heavy (non-hydrogen) atoms. The molecule has 122 valence electrons. The quantitative estimate of drug-likeness (QED) is 0.604. The zero-order chi connectivity index (χ0) is 17.2. The van der Waals surface area contributed by atoms with Gasteiger partial charge in [0.15, 0.2) is 15.6 Å². The van der Waals surface area contributed by atoms with E-state index in [0.717, 1.165) is 11.1 Å². The highest BCUT2D eigenvalue weighted by Gasteiger charge is 2.20. The van der Waals surface area contributed by atoms with Gasteiger partial charge in [0.25, 0.3) is 0 Å². The Balaban J connectivity index is 2.27. The third-order valence-electron chi connectivity index (χ3n) is 3.71. The van der Waals surface area contributed by atoms with Crippen LogP contribution in [0.2, 0.25) is 0 Å². The maximum absolute atomic E-state index is 12.6. The van der Waals surface area contributed by atoms with Crippen LogP contribution in [0.1, 0.15) is 28.4 Å². The van der Waals surface area contributed by atoms with Crippen molar-refractivity contribution >= 4 is 27.4 Å². The molecular weight excluding hydrogens is 328 g/mol. The third kappa shape index (κ3) is 4.24. The van der Waals surface area contributed by atoms with E-state index in [1.807, 2.05) is 32.0 Å². The first-order valence-electron chi connectivity index (χ1n) is 7.27. The van der Waals surface area contributed by atoms with Gasteiger partial charge in [-0.1, -0.05) is 24.3 Å². The van der Waals surface area contributed by atoms with Gasteiger partial charge in [-0.3, -0.25) is 4.79 Å². The van der Waals surface area contributed by atoms with E-state index in [1.165, 1.54) is 18.0 Å². The Morgan fingerprint density at radius 2 is 1.70 bits per heavy atom. The number of sulfone groups is 1. The first kappa shape index (κ1) is 17.8. The molecule has 0 saturated carbocycles. The second kappa shape index (κ2) is 6.89. The Bertz CT molecular complexity index is 839. The molecule has 0 N–H and O–H groups in total. The van der Waals surface area contributed by atoms with Gasteiger partial charge in [-0.25, -0.2) is 8.42 Å². The average Bonchev–Trinajstić information content (AvgIpc) is 2.48. The molecule has 0 aliphatic carbocycles. The van der Waals surface area contributed by atoms with Gasteiger partial charge < -0.3 is 0 Å². The van der Waals surface area contributed by atoms with Crippen molar-refractivity contribution in [2.45, 2.75) is 35.8 Å². The van der Waals surface area contributed by atoms with Gasteiger partial charge in [-0.2, -0.15) is 0 Å². The summed E-state index contributed by atoms with van der Waals surface area (Å²) in [6.45, 7) is 5.79. The van der Waals surface area contributed by atoms with Crippen molar-refractivity contribution < 1.29 is 13.2 Å². The van der Waals surface area contributed by atoms with Crippen LogP contribution in [0.25, 0.3) is 0 Å². The molecule has 1 atom stereocenters. The molecule has 5 heteroatoms. The van der Waals surface area contributed by atoms with E-state index in [2.05, 4.69) is 0 Å². The summed E-state index contributed by atoms with van der Waals surface area (Å²) in [5.41, 5.74) is 2.87. The number of carbonyl (C=O) groups is 1. The summed E-state index contributed by atoms with van der Waals surface area (Å²) in [7, 11) is -3.31. The highest BCUT2D eigenvalue weighted by atomic mass is 32.2. The predicted octanol–water partition coefficient (Wildman–Crippen LogP) is 4.07. The average molecular weight is 348 g/mol. The summed E-state index contributed by atoms with van der Waals surface area (Å²) < 4.78 is 23.7. The number of aryl methyl sites for hydroxylation is 2. The van der Waals surface area contributed by atoms with Gasteiger partial charge >= 0.3 is 0 Å². The molecule has 0 aliphatic heterocycles. The minimum absolute atomic E-state index is 0.00130. The summed E-state index contributed by atoms with van der Waals surface area (Å²) >= 11 is 1.28. The second-order valence-electron chi connectivity index (χ2n) is 5.64. The number of Topliss-reactive ketones (excluding diaryl/α,β-unsaturated/α-hetero) is 1. The normalized spacial score (nSPS) is 12.9. The fraction of sp³-hybridized carbons (Fsp3) is 0.278. The van der Waals surface area contributed by atoms with Gasteiger partial charge in [-0.05, 0) is 50.1 Å².